The Labute approximate surface area is 206 Å². The first-order valence-electron chi connectivity index (χ1n) is 13.0. The van der Waals surface area contributed by atoms with Crippen LogP contribution in [0, 0.1) is 0 Å². The minimum Gasteiger partial charge on any atom is -0.399 e. The van der Waals surface area contributed by atoms with E-state index in [4.69, 9.17) is 5.73 Å². The van der Waals surface area contributed by atoms with Crippen molar-refractivity contribution in [1.29, 1.82) is 0 Å². The van der Waals surface area contributed by atoms with Gasteiger partial charge in [-0.15, -0.1) is 11.8 Å². The van der Waals surface area contributed by atoms with Crippen LogP contribution >= 0.6 is 11.8 Å². The Morgan fingerprint density at radius 3 is 1.94 bits per heavy atom. The van der Waals surface area contributed by atoms with Gasteiger partial charge in [0.2, 0.25) is 0 Å². The van der Waals surface area contributed by atoms with Crippen molar-refractivity contribution in [2.75, 3.05) is 11.5 Å². The molecule has 2 aromatic rings. The van der Waals surface area contributed by atoms with E-state index in [9.17, 15) is 4.79 Å². The first-order valence-corrected chi connectivity index (χ1v) is 14.0. The molecule has 0 aliphatic heterocycles. The van der Waals surface area contributed by atoms with Crippen molar-refractivity contribution in [3.05, 3.63) is 65.7 Å². The van der Waals surface area contributed by atoms with E-state index in [0.717, 1.165) is 16.9 Å². The summed E-state index contributed by atoms with van der Waals surface area (Å²) in [5.41, 5.74) is 8.15. The molecule has 0 bridgehead atoms. The highest BCUT2D eigenvalue weighted by molar-refractivity contribution is 7.99. The van der Waals surface area contributed by atoms with Gasteiger partial charge in [0, 0.05) is 16.1 Å². The molecule has 0 saturated heterocycles. The molecule has 0 aromatic heterocycles. The minimum atomic E-state index is 0.0190. The maximum Gasteiger partial charge on any atom is 0.185 e. The molecule has 3 heteroatoms. The van der Waals surface area contributed by atoms with Crippen LogP contribution in [-0.4, -0.2) is 11.5 Å². The van der Waals surface area contributed by atoms with Gasteiger partial charge < -0.3 is 5.73 Å². The number of benzene rings is 2. The molecule has 2 nitrogen and oxygen atoms in total. The Kier molecular flexibility index (Phi) is 14.4. The first-order chi connectivity index (χ1) is 16.2. The second-order valence-electron chi connectivity index (χ2n) is 8.98. The summed E-state index contributed by atoms with van der Waals surface area (Å²) in [7, 11) is 0. The summed E-state index contributed by atoms with van der Waals surface area (Å²) in [4.78, 5) is 13.6. The maximum absolute atomic E-state index is 12.4. The zero-order valence-corrected chi connectivity index (χ0v) is 21.4. The van der Waals surface area contributed by atoms with E-state index in [-0.39, 0.29) is 5.78 Å². The quantitative estimate of drug-likeness (QED) is 0.0784. The molecule has 180 valence electrons. The van der Waals surface area contributed by atoms with Gasteiger partial charge in [-0.1, -0.05) is 102 Å². The number of ketones is 1. The van der Waals surface area contributed by atoms with Crippen LogP contribution in [0.5, 0.6) is 0 Å². The second-order valence-corrected chi connectivity index (χ2v) is 10.2. The number of carbonyl (C=O) groups is 1. The number of carbonyl (C=O) groups excluding carboxylic acids is 1. The molecular formula is C30H43NOS. The average Bonchev–Trinajstić information content (AvgIpc) is 2.83. The molecule has 0 atom stereocenters. The molecule has 0 radical (unpaired) electrons. The van der Waals surface area contributed by atoms with Crippen LogP contribution in [0.3, 0.4) is 0 Å². The summed E-state index contributed by atoms with van der Waals surface area (Å²) in [6.45, 7) is 2.28. The fourth-order valence-corrected chi connectivity index (χ4v) is 4.87. The Hall–Kier alpha value is -2.00. The van der Waals surface area contributed by atoms with Crippen LogP contribution < -0.4 is 5.73 Å². The molecule has 0 aliphatic rings. The fourth-order valence-electron chi connectivity index (χ4n) is 3.96. The first kappa shape index (κ1) is 27.2. The summed E-state index contributed by atoms with van der Waals surface area (Å²) in [6, 6.07) is 15.5. The summed E-state index contributed by atoms with van der Waals surface area (Å²) in [6.07, 6.45) is 21.5. The van der Waals surface area contributed by atoms with Crippen molar-refractivity contribution in [3.63, 3.8) is 0 Å². The molecule has 2 N–H and O–H groups in total. The van der Waals surface area contributed by atoms with Gasteiger partial charge >= 0.3 is 0 Å². The predicted molar refractivity (Wildman–Crippen MR) is 147 cm³/mol. The highest BCUT2D eigenvalue weighted by atomic mass is 32.2. The van der Waals surface area contributed by atoms with Crippen LogP contribution in [0.25, 0.3) is 6.08 Å². The molecule has 0 aliphatic carbocycles. The summed E-state index contributed by atoms with van der Waals surface area (Å²) in [5.74, 6) is 1.17. The molecule has 0 fully saturated rings. The van der Waals surface area contributed by atoms with E-state index >= 15 is 0 Å². The van der Waals surface area contributed by atoms with Crippen molar-refractivity contribution >= 4 is 29.3 Å². The van der Waals surface area contributed by atoms with Crippen molar-refractivity contribution in [2.45, 2.75) is 95.3 Å². The third-order valence-corrected chi connectivity index (χ3v) is 7.09. The molecule has 2 rings (SSSR count). The summed E-state index contributed by atoms with van der Waals surface area (Å²) in [5, 5.41) is 0. The van der Waals surface area contributed by atoms with Crippen molar-refractivity contribution in [2.24, 2.45) is 0 Å². The third-order valence-electron chi connectivity index (χ3n) is 5.99. The number of allylic oxidation sites excluding steroid dienone is 1. The summed E-state index contributed by atoms with van der Waals surface area (Å²) < 4.78 is 0. The van der Waals surface area contributed by atoms with E-state index in [2.05, 4.69) is 19.1 Å². The number of anilines is 1. The number of unbranched alkanes of at least 4 members (excludes halogenated alkanes) is 12. The SMILES string of the molecule is CCCCCCCCCCCCCCCSc1ccc(C(=O)C=Cc2cccc(N)c2)cc1. The Morgan fingerprint density at radius 2 is 1.36 bits per heavy atom. The number of thioether (sulfide) groups is 1. The van der Waals surface area contributed by atoms with Gasteiger partial charge in [-0.3, -0.25) is 4.79 Å². The third kappa shape index (κ3) is 12.7. The topological polar surface area (TPSA) is 43.1 Å². The molecule has 0 heterocycles. The van der Waals surface area contributed by atoms with Crippen LogP contribution in [0.15, 0.2) is 59.5 Å². The van der Waals surface area contributed by atoms with Gasteiger partial charge in [0.25, 0.3) is 0 Å². The van der Waals surface area contributed by atoms with E-state index in [1.54, 1.807) is 6.08 Å². The lowest BCUT2D eigenvalue weighted by Gasteiger charge is -2.04. The highest BCUT2D eigenvalue weighted by Crippen LogP contribution is 2.21. The monoisotopic (exact) mass is 465 g/mol. The van der Waals surface area contributed by atoms with E-state index < -0.39 is 0 Å². The molecule has 0 amide bonds. The van der Waals surface area contributed by atoms with E-state index in [1.807, 2.05) is 54.2 Å². The second kappa shape index (κ2) is 17.5. The lowest BCUT2D eigenvalue weighted by molar-refractivity contribution is 0.104. The molecular weight excluding hydrogens is 422 g/mol. The number of rotatable bonds is 18. The average molecular weight is 466 g/mol. The largest absolute Gasteiger partial charge is 0.399 e. The predicted octanol–water partition coefficient (Wildman–Crippen LogP) is 9.35. The maximum atomic E-state index is 12.4. The number of nitrogen functional groups attached to an aromatic ring is 1. The minimum absolute atomic E-state index is 0.0190. The highest BCUT2D eigenvalue weighted by Gasteiger charge is 2.03. The van der Waals surface area contributed by atoms with Gasteiger partial charge in [0.1, 0.15) is 0 Å². The molecule has 0 saturated carbocycles. The van der Waals surface area contributed by atoms with Crippen molar-refractivity contribution in [3.8, 4) is 0 Å². The van der Waals surface area contributed by atoms with Crippen molar-refractivity contribution in [1.82, 2.24) is 0 Å². The van der Waals surface area contributed by atoms with E-state index in [1.165, 1.54) is 88.4 Å². The Balaban J connectivity index is 1.50. The smallest absolute Gasteiger partial charge is 0.185 e. The van der Waals surface area contributed by atoms with Crippen LogP contribution in [0.4, 0.5) is 5.69 Å². The Morgan fingerprint density at radius 1 is 0.788 bits per heavy atom. The number of nitrogens with two attached hydrogens (primary N) is 1. The zero-order chi connectivity index (χ0) is 23.6. The molecule has 33 heavy (non-hydrogen) atoms. The number of hydrogen-bond acceptors (Lipinski definition) is 3. The Bertz CT molecular complexity index is 812. The van der Waals surface area contributed by atoms with Crippen LogP contribution in [0.2, 0.25) is 0 Å². The standard InChI is InChI=1S/C30H43NOS/c1-2-3-4-5-6-7-8-9-10-11-12-13-14-24-33-29-21-19-27(20-22-29)30(32)23-18-26-16-15-17-28(31)25-26/h15-23,25H,2-14,24,31H2,1H3. The molecule has 0 spiro atoms. The van der Waals surface area contributed by atoms with Gasteiger partial charge in [0.15, 0.2) is 5.78 Å². The van der Waals surface area contributed by atoms with Gasteiger partial charge in [-0.05, 0) is 60.2 Å². The molecule has 0 unspecified atom stereocenters. The molecule has 2 aromatic carbocycles. The fraction of sp³-hybridized carbons (Fsp3) is 0.500. The number of hydrogen-bond donors (Lipinski definition) is 1. The van der Waals surface area contributed by atoms with Crippen LogP contribution in [0.1, 0.15) is 106 Å². The van der Waals surface area contributed by atoms with Gasteiger partial charge in [-0.25, -0.2) is 0 Å². The van der Waals surface area contributed by atoms with Crippen LogP contribution in [-0.2, 0) is 0 Å². The lowest BCUT2D eigenvalue weighted by Crippen LogP contribution is -1.94. The lowest BCUT2D eigenvalue weighted by atomic mass is 10.1. The van der Waals surface area contributed by atoms with Crippen molar-refractivity contribution < 1.29 is 4.79 Å². The summed E-state index contributed by atoms with van der Waals surface area (Å²) >= 11 is 1.89. The van der Waals surface area contributed by atoms with Gasteiger partial charge in [0.05, 0.1) is 0 Å². The zero-order valence-electron chi connectivity index (χ0n) is 20.6. The van der Waals surface area contributed by atoms with Gasteiger partial charge in [-0.2, -0.15) is 0 Å². The normalized spacial score (nSPS) is 11.3. The van der Waals surface area contributed by atoms with E-state index in [0.29, 0.717) is 5.69 Å².